The molecule has 0 bridgehead atoms. The fraction of sp³-hybridized carbons (Fsp3) is 0.176. The van der Waals surface area contributed by atoms with E-state index in [1.54, 1.807) is 6.07 Å². The van der Waals surface area contributed by atoms with Crippen LogP contribution in [0.5, 0.6) is 5.75 Å². The molecule has 0 aliphatic heterocycles. The van der Waals surface area contributed by atoms with Gasteiger partial charge in [0.15, 0.2) is 6.61 Å². The third kappa shape index (κ3) is 5.31. The van der Waals surface area contributed by atoms with Crippen molar-refractivity contribution in [2.45, 2.75) is 11.8 Å². The Bertz CT molecular complexity index is 744. The molecule has 1 N–H and O–H groups in total. The summed E-state index contributed by atoms with van der Waals surface area (Å²) < 4.78 is 6.34. The van der Waals surface area contributed by atoms with Gasteiger partial charge in [0.25, 0.3) is 5.91 Å². The van der Waals surface area contributed by atoms with Crippen molar-refractivity contribution in [1.82, 2.24) is 0 Å². The second kappa shape index (κ2) is 8.61. The summed E-state index contributed by atoms with van der Waals surface area (Å²) in [5, 5.41) is 11.5. The molecule has 6 heteroatoms. The van der Waals surface area contributed by atoms with Crippen molar-refractivity contribution in [1.29, 1.82) is 5.26 Å². The van der Waals surface area contributed by atoms with Gasteiger partial charge < -0.3 is 10.1 Å². The van der Waals surface area contributed by atoms with Gasteiger partial charge in [-0.2, -0.15) is 5.26 Å². The summed E-state index contributed by atoms with van der Waals surface area (Å²) in [6.07, 6.45) is 0. The van der Waals surface area contributed by atoms with Crippen LogP contribution in [0.3, 0.4) is 0 Å². The third-order valence-electron chi connectivity index (χ3n) is 2.90. The number of hydrogen-bond donors (Lipinski definition) is 1. The molecular formula is C17H15BrN2O2S. The maximum Gasteiger partial charge on any atom is 0.262 e. The molecule has 2 rings (SSSR count). The second-order valence-electron chi connectivity index (χ2n) is 4.71. The number of nitrogens with zero attached hydrogens (tertiary/aromatic N) is 1. The van der Waals surface area contributed by atoms with E-state index in [0.717, 1.165) is 14.9 Å². The monoisotopic (exact) mass is 390 g/mol. The van der Waals surface area contributed by atoms with Crippen molar-refractivity contribution in [3.8, 4) is 11.8 Å². The van der Waals surface area contributed by atoms with E-state index < -0.39 is 0 Å². The van der Waals surface area contributed by atoms with Crippen molar-refractivity contribution < 1.29 is 9.53 Å². The third-order valence-corrected chi connectivity index (χ3v) is 4.46. The molecule has 0 radical (unpaired) electrons. The van der Waals surface area contributed by atoms with Gasteiger partial charge in [0, 0.05) is 4.90 Å². The zero-order valence-electron chi connectivity index (χ0n) is 12.5. The summed E-state index contributed by atoms with van der Waals surface area (Å²) in [6.45, 7) is 1.90. The summed E-state index contributed by atoms with van der Waals surface area (Å²) in [6, 6.07) is 15.1. The minimum Gasteiger partial charge on any atom is -0.483 e. The molecule has 0 heterocycles. The van der Waals surface area contributed by atoms with Gasteiger partial charge in [0.2, 0.25) is 0 Å². The Labute approximate surface area is 148 Å². The number of aryl methyl sites for hydroxylation is 1. The first-order chi connectivity index (χ1) is 11.1. The lowest BCUT2D eigenvalue weighted by Crippen LogP contribution is -2.20. The van der Waals surface area contributed by atoms with Gasteiger partial charge in [-0.3, -0.25) is 4.79 Å². The first kappa shape index (κ1) is 17.4. The Morgan fingerprint density at radius 3 is 2.87 bits per heavy atom. The number of thioether (sulfide) groups is 1. The molecule has 0 unspecified atom stereocenters. The number of benzene rings is 2. The number of carbonyl (C=O) groups excluding carboxylic acids is 1. The number of hydrogen-bond acceptors (Lipinski definition) is 4. The van der Waals surface area contributed by atoms with Gasteiger partial charge in [-0.05, 0) is 52.7 Å². The van der Waals surface area contributed by atoms with Crippen LogP contribution in [0.2, 0.25) is 0 Å². The maximum absolute atomic E-state index is 12.1. The molecule has 1 amide bonds. The van der Waals surface area contributed by atoms with Crippen LogP contribution in [-0.2, 0) is 4.79 Å². The summed E-state index contributed by atoms with van der Waals surface area (Å²) >= 11 is 4.80. The first-order valence-corrected chi connectivity index (χ1v) is 8.65. The molecule has 0 saturated carbocycles. The molecule has 0 aliphatic carbocycles. The summed E-state index contributed by atoms with van der Waals surface area (Å²) in [7, 11) is 0. The molecular weight excluding hydrogens is 376 g/mol. The van der Waals surface area contributed by atoms with E-state index in [0.29, 0.717) is 17.2 Å². The van der Waals surface area contributed by atoms with Crippen LogP contribution in [0.4, 0.5) is 5.69 Å². The van der Waals surface area contributed by atoms with E-state index in [1.165, 1.54) is 11.8 Å². The maximum atomic E-state index is 12.1. The number of nitriles is 1. The van der Waals surface area contributed by atoms with E-state index in [-0.39, 0.29) is 12.5 Å². The first-order valence-electron chi connectivity index (χ1n) is 6.87. The molecule has 23 heavy (non-hydrogen) atoms. The number of halogens is 1. The average Bonchev–Trinajstić information content (AvgIpc) is 2.53. The highest BCUT2D eigenvalue weighted by Crippen LogP contribution is 2.27. The van der Waals surface area contributed by atoms with Crippen LogP contribution < -0.4 is 10.1 Å². The van der Waals surface area contributed by atoms with Crippen molar-refractivity contribution >= 4 is 39.3 Å². The standard InChI is InChI=1S/C17H15BrN2O2S/c1-12-6-7-15(13(18)10-12)22-11-17(21)20-14-4-2-3-5-16(14)23-9-8-19/h2-7,10H,9,11H2,1H3,(H,20,21). The molecule has 0 spiro atoms. The van der Waals surface area contributed by atoms with E-state index in [9.17, 15) is 4.79 Å². The number of rotatable bonds is 6. The lowest BCUT2D eigenvalue weighted by Gasteiger charge is -2.11. The normalized spacial score (nSPS) is 9.96. The lowest BCUT2D eigenvalue weighted by atomic mass is 10.2. The Balaban J connectivity index is 1.96. The van der Waals surface area contributed by atoms with Crippen LogP contribution in [0.1, 0.15) is 5.56 Å². The fourth-order valence-corrected chi connectivity index (χ4v) is 3.14. The summed E-state index contributed by atoms with van der Waals surface area (Å²) in [4.78, 5) is 12.9. The van der Waals surface area contributed by atoms with Gasteiger partial charge in [0.05, 0.1) is 22.0 Å². The average molecular weight is 391 g/mol. The minimum absolute atomic E-state index is 0.0844. The van der Waals surface area contributed by atoms with E-state index >= 15 is 0 Å². The number of ether oxygens (including phenoxy) is 1. The summed E-state index contributed by atoms with van der Waals surface area (Å²) in [5.41, 5.74) is 1.79. The van der Waals surface area contributed by atoms with Crippen LogP contribution >= 0.6 is 27.7 Å². The molecule has 2 aromatic carbocycles. The molecule has 118 valence electrons. The van der Waals surface area contributed by atoms with Gasteiger partial charge in [-0.15, -0.1) is 11.8 Å². The Morgan fingerprint density at radius 2 is 2.13 bits per heavy atom. The number of nitrogens with one attached hydrogen (secondary N) is 1. The van der Waals surface area contributed by atoms with Crippen LogP contribution in [-0.4, -0.2) is 18.3 Å². The van der Waals surface area contributed by atoms with Gasteiger partial charge in [-0.25, -0.2) is 0 Å². The number of anilines is 1. The Kier molecular flexibility index (Phi) is 6.51. The highest BCUT2D eigenvalue weighted by molar-refractivity contribution is 9.10. The second-order valence-corrected chi connectivity index (χ2v) is 6.59. The van der Waals surface area contributed by atoms with Crippen molar-refractivity contribution in [2.24, 2.45) is 0 Å². The largest absolute Gasteiger partial charge is 0.483 e. The topological polar surface area (TPSA) is 62.1 Å². The zero-order chi connectivity index (χ0) is 16.7. The number of para-hydroxylation sites is 1. The predicted molar refractivity (Wildman–Crippen MR) is 95.8 cm³/mol. The molecule has 0 saturated heterocycles. The zero-order valence-corrected chi connectivity index (χ0v) is 14.9. The van der Waals surface area contributed by atoms with E-state index in [2.05, 4.69) is 27.3 Å². The van der Waals surface area contributed by atoms with Crippen LogP contribution in [0.15, 0.2) is 51.8 Å². The smallest absolute Gasteiger partial charge is 0.262 e. The highest BCUT2D eigenvalue weighted by atomic mass is 79.9. The minimum atomic E-state index is -0.248. The molecule has 0 aromatic heterocycles. The van der Waals surface area contributed by atoms with Gasteiger partial charge >= 0.3 is 0 Å². The summed E-state index contributed by atoms with van der Waals surface area (Å²) in [5.74, 6) is 0.708. The molecule has 0 atom stereocenters. The molecule has 2 aromatic rings. The SMILES string of the molecule is Cc1ccc(OCC(=O)Nc2ccccc2SCC#N)c(Br)c1. The number of carbonyl (C=O) groups is 1. The van der Waals surface area contributed by atoms with Crippen LogP contribution in [0, 0.1) is 18.3 Å². The molecule has 0 fully saturated rings. The van der Waals surface area contributed by atoms with Crippen molar-refractivity contribution in [2.75, 3.05) is 17.7 Å². The van der Waals surface area contributed by atoms with Crippen molar-refractivity contribution in [3.05, 3.63) is 52.5 Å². The van der Waals surface area contributed by atoms with Crippen LogP contribution in [0.25, 0.3) is 0 Å². The molecule has 0 aliphatic rings. The van der Waals surface area contributed by atoms with E-state index in [1.807, 2.05) is 43.3 Å². The van der Waals surface area contributed by atoms with E-state index in [4.69, 9.17) is 10.00 Å². The highest BCUT2D eigenvalue weighted by Gasteiger charge is 2.09. The van der Waals surface area contributed by atoms with Gasteiger partial charge in [0.1, 0.15) is 5.75 Å². The van der Waals surface area contributed by atoms with Gasteiger partial charge in [-0.1, -0.05) is 18.2 Å². The Morgan fingerprint density at radius 1 is 1.35 bits per heavy atom. The van der Waals surface area contributed by atoms with Crippen molar-refractivity contribution in [3.63, 3.8) is 0 Å². The Hall–Kier alpha value is -1.97. The lowest BCUT2D eigenvalue weighted by molar-refractivity contribution is -0.118. The molecule has 4 nitrogen and oxygen atoms in total. The number of amides is 1. The predicted octanol–water partition coefficient (Wildman–Crippen LogP) is 4.39. The fourth-order valence-electron chi connectivity index (χ4n) is 1.86. The quantitative estimate of drug-likeness (QED) is 0.742.